The number of primary amides is 1. The van der Waals surface area contributed by atoms with E-state index in [4.69, 9.17) is 22.1 Å². The van der Waals surface area contributed by atoms with E-state index >= 15 is 0 Å². The largest absolute Gasteiger partial charge is 0.493 e. The summed E-state index contributed by atoms with van der Waals surface area (Å²) >= 11 is 6.05. The SMILES string of the molecule is C[N+]1(CCCOc2cccc(Cl)c2)CC[C@@H](C(C(N)=O)(c2ccccc2)c2ccccc2)C1. The number of hydrogen-bond donors (Lipinski definition) is 1. The number of nitrogens with two attached hydrogens (primary N) is 1. The van der Waals surface area contributed by atoms with Gasteiger partial charge in [0.05, 0.1) is 33.3 Å². The number of likely N-dealkylation sites (tertiary alicyclic amines) is 1. The molecule has 0 aliphatic carbocycles. The second kappa shape index (κ2) is 9.98. The van der Waals surface area contributed by atoms with Crippen LogP contribution in [0.15, 0.2) is 84.9 Å². The van der Waals surface area contributed by atoms with Gasteiger partial charge in [-0.1, -0.05) is 78.3 Å². The van der Waals surface area contributed by atoms with Crippen LogP contribution in [0.1, 0.15) is 24.0 Å². The van der Waals surface area contributed by atoms with Crippen molar-refractivity contribution in [1.29, 1.82) is 0 Å². The molecule has 1 aliphatic rings. The normalized spacial score (nSPS) is 20.5. The summed E-state index contributed by atoms with van der Waals surface area (Å²) in [5.41, 5.74) is 7.34. The lowest BCUT2D eigenvalue weighted by atomic mass is 9.64. The van der Waals surface area contributed by atoms with Gasteiger partial charge in [-0.05, 0) is 29.3 Å². The number of ether oxygens (including phenoxy) is 1. The number of hydrogen-bond acceptors (Lipinski definition) is 2. The summed E-state index contributed by atoms with van der Waals surface area (Å²) in [4.78, 5) is 13.2. The van der Waals surface area contributed by atoms with E-state index in [-0.39, 0.29) is 11.8 Å². The fraction of sp³-hybridized carbons (Fsp3) is 0.321. The Balaban J connectivity index is 1.52. The van der Waals surface area contributed by atoms with Crippen LogP contribution in [0.3, 0.4) is 0 Å². The highest BCUT2D eigenvalue weighted by Crippen LogP contribution is 2.45. The van der Waals surface area contributed by atoms with E-state index in [9.17, 15) is 4.79 Å². The first-order valence-electron chi connectivity index (χ1n) is 11.6. The number of nitrogens with zero attached hydrogens (tertiary/aromatic N) is 1. The van der Waals surface area contributed by atoms with Crippen molar-refractivity contribution >= 4 is 17.5 Å². The zero-order valence-corrected chi connectivity index (χ0v) is 19.9. The third kappa shape index (κ3) is 4.92. The molecule has 1 amide bonds. The molecule has 33 heavy (non-hydrogen) atoms. The summed E-state index contributed by atoms with van der Waals surface area (Å²) in [5, 5.41) is 0.679. The molecule has 1 unspecified atom stereocenters. The fourth-order valence-electron chi connectivity index (χ4n) is 5.46. The van der Waals surface area contributed by atoms with Gasteiger partial charge in [0, 0.05) is 23.8 Å². The van der Waals surface area contributed by atoms with Gasteiger partial charge in [-0.25, -0.2) is 0 Å². The first kappa shape index (κ1) is 23.3. The Hall–Kier alpha value is -2.82. The van der Waals surface area contributed by atoms with Crippen LogP contribution in [-0.4, -0.2) is 43.7 Å². The number of halogens is 1. The molecule has 1 saturated heterocycles. The Morgan fingerprint density at radius 3 is 2.24 bits per heavy atom. The molecule has 172 valence electrons. The maximum Gasteiger partial charge on any atom is 0.233 e. The van der Waals surface area contributed by atoms with Gasteiger partial charge in [-0.3, -0.25) is 4.79 Å². The Labute approximate surface area is 201 Å². The Bertz CT molecular complexity index is 1030. The molecule has 1 heterocycles. The van der Waals surface area contributed by atoms with Crippen molar-refractivity contribution in [1.82, 2.24) is 0 Å². The van der Waals surface area contributed by atoms with E-state index < -0.39 is 5.41 Å². The number of carbonyl (C=O) groups is 1. The number of rotatable bonds is 9. The summed E-state index contributed by atoms with van der Waals surface area (Å²) in [5.74, 6) is 0.645. The van der Waals surface area contributed by atoms with Gasteiger partial charge in [0.2, 0.25) is 5.91 Å². The van der Waals surface area contributed by atoms with Crippen molar-refractivity contribution in [3.05, 3.63) is 101 Å². The molecule has 3 aromatic carbocycles. The molecule has 0 bridgehead atoms. The van der Waals surface area contributed by atoms with Gasteiger partial charge in [-0.2, -0.15) is 0 Å². The summed E-state index contributed by atoms with van der Waals surface area (Å²) in [6.07, 6.45) is 1.87. The predicted octanol–water partition coefficient (Wildman–Crippen LogP) is 5.05. The van der Waals surface area contributed by atoms with Gasteiger partial charge in [-0.15, -0.1) is 0 Å². The molecular formula is C28H32ClN2O2+. The molecular weight excluding hydrogens is 432 g/mol. The Morgan fingerprint density at radius 2 is 1.67 bits per heavy atom. The van der Waals surface area contributed by atoms with Crippen LogP contribution in [0.25, 0.3) is 0 Å². The average Bonchev–Trinajstić information content (AvgIpc) is 3.21. The highest BCUT2D eigenvalue weighted by atomic mass is 35.5. The molecule has 0 saturated carbocycles. The quantitative estimate of drug-likeness (QED) is 0.356. The fourth-order valence-corrected chi connectivity index (χ4v) is 5.64. The van der Waals surface area contributed by atoms with Gasteiger partial charge < -0.3 is 15.0 Å². The van der Waals surface area contributed by atoms with Crippen molar-refractivity contribution in [2.45, 2.75) is 18.3 Å². The zero-order valence-electron chi connectivity index (χ0n) is 19.1. The molecule has 0 radical (unpaired) electrons. The topological polar surface area (TPSA) is 52.3 Å². The van der Waals surface area contributed by atoms with Crippen LogP contribution >= 0.6 is 11.6 Å². The van der Waals surface area contributed by atoms with Crippen LogP contribution in [0.5, 0.6) is 5.75 Å². The lowest BCUT2D eigenvalue weighted by Crippen LogP contribution is -2.51. The summed E-state index contributed by atoms with van der Waals surface area (Å²) in [6.45, 7) is 3.52. The molecule has 1 aliphatic heterocycles. The van der Waals surface area contributed by atoms with Gasteiger partial charge in [0.25, 0.3) is 0 Å². The Kier molecular flexibility index (Phi) is 7.06. The third-order valence-corrected chi connectivity index (χ3v) is 7.28. The van der Waals surface area contributed by atoms with E-state index in [1.165, 1.54) is 0 Å². The lowest BCUT2D eigenvalue weighted by molar-refractivity contribution is -0.899. The average molecular weight is 464 g/mol. The highest BCUT2D eigenvalue weighted by molar-refractivity contribution is 6.30. The molecule has 4 rings (SSSR count). The molecule has 0 spiro atoms. The number of amides is 1. The van der Waals surface area contributed by atoms with Crippen molar-refractivity contribution < 1.29 is 14.0 Å². The van der Waals surface area contributed by atoms with E-state index in [2.05, 4.69) is 7.05 Å². The number of benzene rings is 3. The van der Waals surface area contributed by atoms with Crippen LogP contribution in [0.2, 0.25) is 5.02 Å². The summed E-state index contributed by atoms with van der Waals surface area (Å²) < 4.78 is 6.80. The molecule has 1 fully saturated rings. The molecule has 4 nitrogen and oxygen atoms in total. The molecule has 0 aromatic heterocycles. The van der Waals surface area contributed by atoms with Gasteiger partial charge in [0.15, 0.2) is 0 Å². The molecule has 3 aromatic rings. The minimum atomic E-state index is -0.837. The third-order valence-electron chi connectivity index (χ3n) is 7.04. The maximum absolute atomic E-state index is 13.2. The van der Waals surface area contributed by atoms with Crippen molar-refractivity contribution in [3.8, 4) is 5.75 Å². The minimum Gasteiger partial charge on any atom is -0.493 e. The van der Waals surface area contributed by atoms with Crippen LogP contribution in [0.4, 0.5) is 0 Å². The van der Waals surface area contributed by atoms with Crippen LogP contribution in [0, 0.1) is 5.92 Å². The summed E-state index contributed by atoms with van der Waals surface area (Å²) in [6, 6.07) is 27.6. The van der Waals surface area contributed by atoms with Crippen molar-refractivity contribution in [2.24, 2.45) is 11.7 Å². The predicted molar refractivity (Wildman–Crippen MR) is 133 cm³/mol. The molecule has 5 heteroatoms. The minimum absolute atomic E-state index is 0.124. The monoisotopic (exact) mass is 463 g/mol. The first-order valence-corrected chi connectivity index (χ1v) is 11.9. The smallest absolute Gasteiger partial charge is 0.233 e. The van der Waals surface area contributed by atoms with Crippen LogP contribution in [-0.2, 0) is 10.2 Å². The van der Waals surface area contributed by atoms with E-state index in [0.29, 0.717) is 11.6 Å². The molecule has 2 N–H and O–H groups in total. The van der Waals surface area contributed by atoms with E-state index in [1.807, 2.05) is 84.9 Å². The lowest BCUT2D eigenvalue weighted by Gasteiger charge is -2.38. The highest BCUT2D eigenvalue weighted by Gasteiger charge is 2.53. The number of quaternary nitrogens is 1. The van der Waals surface area contributed by atoms with E-state index in [0.717, 1.165) is 53.8 Å². The first-order chi connectivity index (χ1) is 15.9. The Morgan fingerprint density at radius 1 is 1.03 bits per heavy atom. The second-order valence-corrected chi connectivity index (χ2v) is 9.74. The van der Waals surface area contributed by atoms with Gasteiger partial charge >= 0.3 is 0 Å². The molecule has 2 atom stereocenters. The van der Waals surface area contributed by atoms with Crippen LogP contribution < -0.4 is 10.5 Å². The zero-order chi connectivity index (χ0) is 23.3. The maximum atomic E-state index is 13.2. The number of carbonyl (C=O) groups excluding carboxylic acids is 1. The van der Waals surface area contributed by atoms with Crippen molar-refractivity contribution in [2.75, 3.05) is 33.3 Å². The summed E-state index contributed by atoms with van der Waals surface area (Å²) in [7, 11) is 2.28. The van der Waals surface area contributed by atoms with Gasteiger partial charge in [0.1, 0.15) is 11.2 Å². The van der Waals surface area contributed by atoms with Crippen molar-refractivity contribution in [3.63, 3.8) is 0 Å². The standard InChI is InChI=1S/C28H31ClN2O2/c1-31(17-9-19-33-26-15-8-14-25(29)20-26)18-16-24(21-31)28(27(30)32,22-10-4-2-5-11-22)23-12-6-3-7-13-23/h2-8,10-15,20,24H,9,16-19,21H2,1H3,(H-,30,32)/p+1/t24-,31?/m1/s1. The van der Waals surface area contributed by atoms with E-state index in [1.54, 1.807) is 0 Å². The second-order valence-electron chi connectivity index (χ2n) is 9.30.